The highest BCUT2D eigenvalue weighted by atomic mass is 35.5. The van der Waals surface area contributed by atoms with E-state index in [0.29, 0.717) is 34.6 Å². The molecule has 2 N–H and O–H groups in total. The highest BCUT2D eigenvalue weighted by Gasteiger charge is 2.24. The summed E-state index contributed by atoms with van der Waals surface area (Å²) in [6, 6.07) is 3.45. The first-order valence-electron chi connectivity index (χ1n) is 8.58. The van der Waals surface area contributed by atoms with Gasteiger partial charge in [-0.25, -0.2) is 0 Å². The van der Waals surface area contributed by atoms with Gasteiger partial charge in [0.15, 0.2) is 11.5 Å². The summed E-state index contributed by atoms with van der Waals surface area (Å²) in [4.78, 5) is 12.6. The Balaban J connectivity index is 2.12. The second-order valence-corrected chi connectivity index (χ2v) is 6.65. The molecule has 2 atom stereocenters. The molecule has 2 rings (SSSR count). The van der Waals surface area contributed by atoms with Gasteiger partial charge in [-0.05, 0) is 37.4 Å². The summed E-state index contributed by atoms with van der Waals surface area (Å²) in [5.74, 6) is 1.29. The molecule has 0 saturated carbocycles. The van der Waals surface area contributed by atoms with Crippen LogP contribution in [0.3, 0.4) is 0 Å². The zero-order valence-electron chi connectivity index (χ0n) is 14.7. The van der Waals surface area contributed by atoms with Crippen LogP contribution < -0.4 is 20.1 Å². The van der Waals surface area contributed by atoms with E-state index >= 15 is 0 Å². The molecule has 0 spiro atoms. The van der Waals surface area contributed by atoms with Crippen LogP contribution in [0.15, 0.2) is 12.1 Å². The zero-order valence-corrected chi connectivity index (χ0v) is 15.4. The molecule has 0 aromatic heterocycles. The smallest absolute Gasteiger partial charge is 0.251 e. The van der Waals surface area contributed by atoms with Gasteiger partial charge in [-0.1, -0.05) is 31.9 Å². The van der Waals surface area contributed by atoms with Crippen LogP contribution in [0, 0.1) is 5.92 Å². The van der Waals surface area contributed by atoms with E-state index in [-0.39, 0.29) is 11.9 Å². The van der Waals surface area contributed by atoms with Crippen molar-refractivity contribution < 1.29 is 14.3 Å². The van der Waals surface area contributed by atoms with Crippen molar-refractivity contribution in [2.24, 2.45) is 5.92 Å². The summed E-state index contributed by atoms with van der Waals surface area (Å²) >= 11 is 6.31. The number of carbonyl (C=O) groups excluding carboxylic acids is 1. The molecule has 0 radical (unpaired) electrons. The molecule has 1 aromatic carbocycles. The Morgan fingerprint density at radius 1 is 1.46 bits per heavy atom. The first-order chi connectivity index (χ1) is 11.6. The number of nitrogens with one attached hydrogen (secondary N) is 2. The minimum Gasteiger partial charge on any atom is -0.493 e. The molecule has 134 valence electrons. The number of hydrogen-bond donors (Lipinski definition) is 2. The van der Waals surface area contributed by atoms with Gasteiger partial charge in [0.05, 0.1) is 18.7 Å². The Kier molecular flexibility index (Phi) is 7.18. The fourth-order valence-electron chi connectivity index (χ4n) is 2.74. The van der Waals surface area contributed by atoms with E-state index in [1.54, 1.807) is 19.2 Å². The highest BCUT2D eigenvalue weighted by molar-refractivity contribution is 6.32. The maximum absolute atomic E-state index is 12.6. The molecule has 6 heteroatoms. The van der Waals surface area contributed by atoms with Crippen molar-refractivity contribution in [1.29, 1.82) is 0 Å². The van der Waals surface area contributed by atoms with Crippen LogP contribution in [0.4, 0.5) is 0 Å². The molecular formula is C18H27ClN2O3. The molecular weight excluding hydrogens is 328 g/mol. The quantitative estimate of drug-likeness (QED) is 0.738. The standard InChI is InChI=1S/C18H27ClN2O3/c1-4-5-8-24-17-14(19)9-13(10-16(17)23-3)18(22)21-15-11-20-7-6-12(15)2/h9-10,12,15,20H,4-8,11H2,1-3H3,(H,21,22). The summed E-state index contributed by atoms with van der Waals surface area (Å²) in [6.45, 7) is 6.61. The number of halogens is 1. The van der Waals surface area contributed by atoms with Crippen LogP contribution in [0.2, 0.25) is 5.02 Å². The lowest BCUT2D eigenvalue weighted by Gasteiger charge is -2.30. The predicted octanol–water partition coefficient (Wildman–Crippen LogP) is 3.26. The molecule has 1 saturated heterocycles. The van der Waals surface area contributed by atoms with Crippen molar-refractivity contribution in [3.05, 3.63) is 22.7 Å². The van der Waals surface area contributed by atoms with Gasteiger partial charge in [-0.3, -0.25) is 4.79 Å². The predicted molar refractivity (Wildman–Crippen MR) is 96.3 cm³/mol. The maximum Gasteiger partial charge on any atom is 0.251 e. The van der Waals surface area contributed by atoms with Gasteiger partial charge in [0.1, 0.15) is 0 Å². The average Bonchev–Trinajstić information content (AvgIpc) is 2.58. The summed E-state index contributed by atoms with van der Waals surface area (Å²) in [6.07, 6.45) is 3.03. The molecule has 5 nitrogen and oxygen atoms in total. The van der Waals surface area contributed by atoms with Crippen LogP contribution >= 0.6 is 11.6 Å². The molecule has 1 amide bonds. The zero-order chi connectivity index (χ0) is 17.5. The van der Waals surface area contributed by atoms with Crippen molar-refractivity contribution in [2.45, 2.75) is 39.2 Å². The van der Waals surface area contributed by atoms with E-state index in [4.69, 9.17) is 21.1 Å². The number of benzene rings is 1. The molecule has 24 heavy (non-hydrogen) atoms. The molecule has 1 aliphatic rings. The van der Waals surface area contributed by atoms with Crippen LogP contribution in [0.5, 0.6) is 11.5 Å². The number of amides is 1. The minimum absolute atomic E-state index is 0.122. The molecule has 2 unspecified atom stereocenters. The van der Waals surface area contributed by atoms with E-state index in [2.05, 4.69) is 24.5 Å². The largest absolute Gasteiger partial charge is 0.493 e. The van der Waals surface area contributed by atoms with Gasteiger partial charge in [-0.15, -0.1) is 0 Å². The lowest BCUT2D eigenvalue weighted by Crippen LogP contribution is -2.50. The van der Waals surface area contributed by atoms with Gasteiger partial charge >= 0.3 is 0 Å². The van der Waals surface area contributed by atoms with Crippen molar-refractivity contribution in [1.82, 2.24) is 10.6 Å². The van der Waals surface area contributed by atoms with Crippen LogP contribution in [0.1, 0.15) is 43.5 Å². The van der Waals surface area contributed by atoms with Crippen molar-refractivity contribution >= 4 is 17.5 Å². The molecule has 1 aromatic rings. The Bertz CT molecular complexity index is 565. The summed E-state index contributed by atoms with van der Waals surface area (Å²) in [7, 11) is 1.55. The molecule has 1 heterocycles. The van der Waals surface area contributed by atoms with Crippen LogP contribution in [0.25, 0.3) is 0 Å². The molecule has 0 aliphatic carbocycles. The minimum atomic E-state index is -0.143. The summed E-state index contributed by atoms with van der Waals surface area (Å²) in [5.41, 5.74) is 0.484. The Labute approximate surface area is 149 Å². The highest BCUT2D eigenvalue weighted by Crippen LogP contribution is 2.36. The lowest BCUT2D eigenvalue weighted by molar-refractivity contribution is 0.0915. The summed E-state index contributed by atoms with van der Waals surface area (Å²) in [5, 5.41) is 6.78. The van der Waals surface area contributed by atoms with E-state index < -0.39 is 0 Å². The number of rotatable bonds is 7. The van der Waals surface area contributed by atoms with Crippen molar-refractivity contribution in [3.8, 4) is 11.5 Å². The van der Waals surface area contributed by atoms with Gasteiger partial charge in [0.25, 0.3) is 5.91 Å². The number of hydrogen-bond acceptors (Lipinski definition) is 4. The third kappa shape index (κ3) is 4.77. The van der Waals surface area contributed by atoms with Crippen LogP contribution in [-0.4, -0.2) is 38.8 Å². The number of ether oxygens (including phenoxy) is 2. The monoisotopic (exact) mass is 354 g/mol. The Hall–Kier alpha value is -1.46. The Morgan fingerprint density at radius 3 is 2.92 bits per heavy atom. The second kappa shape index (κ2) is 9.14. The molecule has 1 aliphatic heterocycles. The van der Waals surface area contributed by atoms with Crippen LogP contribution in [-0.2, 0) is 0 Å². The van der Waals surface area contributed by atoms with Gasteiger partial charge in [-0.2, -0.15) is 0 Å². The third-order valence-corrected chi connectivity index (χ3v) is 4.66. The maximum atomic E-state index is 12.6. The normalized spacial score (nSPS) is 20.5. The lowest BCUT2D eigenvalue weighted by atomic mass is 9.94. The van der Waals surface area contributed by atoms with E-state index in [0.717, 1.165) is 32.4 Å². The number of unbranched alkanes of at least 4 members (excludes halogenated alkanes) is 1. The fourth-order valence-corrected chi connectivity index (χ4v) is 3.01. The van der Waals surface area contributed by atoms with Gasteiger partial charge in [0, 0.05) is 18.2 Å². The van der Waals surface area contributed by atoms with E-state index in [9.17, 15) is 4.79 Å². The van der Waals surface area contributed by atoms with E-state index in [1.807, 2.05) is 0 Å². The first kappa shape index (κ1) is 18.9. The third-order valence-electron chi connectivity index (χ3n) is 4.38. The van der Waals surface area contributed by atoms with Gasteiger partial charge in [0.2, 0.25) is 0 Å². The topological polar surface area (TPSA) is 59.6 Å². The number of carbonyl (C=O) groups is 1. The number of piperidine rings is 1. The second-order valence-electron chi connectivity index (χ2n) is 6.24. The van der Waals surface area contributed by atoms with E-state index in [1.165, 1.54) is 0 Å². The first-order valence-corrected chi connectivity index (χ1v) is 8.96. The molecule has 0 bridgehead atoms. The van der Waals surface area contributed by atoms with Gasteiger partial charge < -0.3 is 20.1 Å². The molecule has 1 fully saturated rings. The van der Waals surface area contributed by atoms with Crippen molar-refractivity contribution in [3.63, 3.8) is 0 Å². The average molecular weight is 355 g/mol. The SMILES string of the molecule is CCCCOc1c(Cl)cc(C(=O)NC2CNCCC2C)cc1OC. The fraction of sp³-hybridized carbons (Fsp3) is 0.611. The van der Waals surface area contributed by atoms with Crippen molar-refractivity contribution in [2.75, 3.05) is 26.8 Å². The Morgan fingerprint density at radius 2 is 2.25 bits per heavy atom. The number of methoxy groups -OCH3 is 1. The summed E-state index contributed by atoms with van der Waals surface area (Å²) < 4.78 is 11.1.